The van der Waals surface area contributed by atoms with Crippen molar-refractivity contribution in [1.29, 1.82) is 0 Å². The van der Waals surface area contributed by atoms with Crippen molar-refractivity contribution in [3.05, 3.63) is 71.4 Å². The van der Waals surface area contributed by atoms with E-state index in [1.54, 1.807) is 0 Å². The van der Waals surface area contributed by atoms with E-state index in [9.17, 15) is 0 Å². The average Bonchev–Trinajstić information content (AvgIpc) is 2.90. The molecule has 1 heterocycles. The minimum absolute atomic E-state index is 0.216. The predicted molar refractivity (Wildman–Crippen MR) is 103 cm³/mol. The Kier molecular flexibility index (Phi) is 4.51. The standard InChI is InChI=1S/C22H28N2/c1-22(2,3)19-11-9-17(10-12-19)15-23(4)16-18-7-6-8-21-20(18)13-14-24(21)5/h6-14H,15-16H2,1-5H3. The lowest BCUT2D eigenvalue weighted by Crippen LogP contribution is -2.17. The molecule has 2 heteroatoms. The summed E-state index contributed by atoms with van der Waals surface area (Å²) in [7, 11) is 4.30. The Morgan fingerprint density at radius 1 is 0.917 bits per heavy atom. The van der Waals surface area contributed by atoms with Crippen LogP contribution >= 0.6 is 0 Å². The highest BCUT2D eigenvalue weighted by Crippen LogP contribution is 2.23. The first-order valence-corrected chi connectivity index (χ1v) is 8.65. The number of benzene rings is 2. The molecule has 0 saturated carbocycles. The van der Waals surface area contributed by atoms with Crippen LogP contribution in [0.5, 0.6) is 0 Å². The van der Waals surface area contributed by atoms with Crippen LogP contribution in [0, 0.1) is 0 Å². The molecule has 3 aromatic rings. The number of hydrogen-bond acceptors (Lipinski definition) is 1. The van der Waals surface area contributed by atoms with Gasteiger partial charge in [0, 0.05) is 37.2 Å². The van der Waals surface area contributed by atoms with Gasteiger partial charge in [-0.3, -0.25) is 4.90 Å². The minimum Gasteiger partial charge on any atom is -0.351 e. The molecule has 2 nitrogen and oxygen atoms in total. The van der Waals surface area contributed by atoms with Crippen molar-refractivity contribution in [3.63, 3.8) is 0 Å². The van der Waals surface area contributed by atoms with Gasteiger partial charge in [0.1, 0.15) is 0 Å². The molecule has 0 fully saturated rings. The molecular weight excluding hydrogens is 292 g/mol. The van der Waals surface area contributed by atoms with E-state index in [1.807, 2.05) is 0 Å². The maximum atomic E-state index is 2.38. The maximum absolute atomic E-state index is 2.38. The lowest BCUT2D eigenvalue weighted by Gasteiger charge is -2.21. The molecule has 0 aliphatic rings. The fourth-order valence-corrected chi connectivity index (χ4v) is 3.27. The number of nitrogens with zero attached hydrogens (tertiary/aromatic N) is 2. The van der Waals surface area contributed by atoms with Crippen LogP contribution in [0.2, 0.25) is 0 Å². The van der Waals surface area contributed by atoms with Crippen LogP contribution in [0.4, 0.5) is 0 Å². The third kappa shape index (κ3) is 3.54. The van der Waals surface area contributed by atoms with Crippen molar-refractivity contribution >= 4 is 10.9 Å². The summed E-state index contributed by atoms with van der Waals surface area (Å²) in [6.45, 7) is 8.70. The van der Waals surface area contributed by atoms with E-state index in [2.05, 4.69) is 99.1 Å². The van der Waals surface area contributed by atoms with Crippen molar-refractivity contribution < 1.29 is 0 Å². The molecule has 0 aliphatic carbocycles. The molecular formula is C22H28N2. The summed E-state index contributed by atoms with van der Waals surface area (Å²) in [5.74, 6) is 0. The summed E-state index contributed by atoms with van der Waals surface area (Å²) in [5, 5.41) is 1.36. The van der Waals surface area contributed by atoms with Gasteiger partial charge in [0.05, 0.1) is 0 Å². The molecule has 0 spiro atoms. The van der Waals surface area contributed by atoms with E-state index in [-0.39, 0.29) is 5.41 Å². The summed E-state index contributed by atoms with van der Waals surface area (Å²) in [4.78, 5) is 2.38. The second-order valence-corrected chi connectivity index (χ2v) is 7.90. The van der Waals surface area contributed by atoms with Gasteiger partial charge in [0.2, 0.25) is 0 Å². The molecule has 2 aromatic carbocycles. The number of rotatable bonds is 4. The molecule has 0 amide bonds. The zero-order valence-corrected chi connectivity index (χ0v) is 15.5. The highest BCUT2D eigenvalue weighted by atomic mass is 15.1. The molecule has 0 N–H and O–H groups in total. The molecule has 3 rings (SSSR count). The summed E-state index contributed by atoms with van der Waals surface area (Å²) < 4.78 is 2.18. The quantitative estimate of drug-likeness (QED) is 0.648. The van der Waals surface area contributed by atoms with Crippen LogP contribution in [0.3, 0.4) is 0 Å². The summed E-state index contributed by atoms with van der Waals surface area (Å²) in [6, 6.07) is 17.9. The first-order chi connectivity index (χ1) is 11.3. The van der Waals surface area contributed by atoms with Gasteiger partial charge in [0.15, 0.2) is 0 Å². The molecule has 0 saturated heterocycles. The van der Waals surface area contributed by atoms with Gasteiger partial charge >= 0.3 is 0 Å². The first-order valence-electron chi connectivity index (χ1n) is 8.65. The zero-order valence-electron chi connectivity index (χ0n) is 15.5. The van der Waals surface area contributed by atoms with Crippen molar-refractivity contribution in [3.8, 4) is 0 Å². The van der Waals surface area contributed by atoms with Crippen LogP contribution in [-0.4, -0.2) is 16.5 Å². The van der Waals surface area contributed by atoms with E-state index in [0.29, 0.717) is 0 Å². The highest BCUT2D eigenvalue weighted by molar-refractivity contribution is 5.83. The molecule has 0 unspecified atom stereocenters. The summed E-state index contributed by atoms with van der Waals surface area (Å²) >= 11 is 0. The minimum atomic E-state index is 0.216. The van der Waals surface area contributed by atoms with Crippen molar-refractivity contribution in [2.24, 2.45) is 7.05 Å². The molecule has 0 atom stereocenters. The van der Waals surface area contributed by atoms with Crippen molar-refractivity contribution in [1.82, 2.24) is 9.47 Å². The third-order valence-electron chi connectivity index (χ3n) is 4.73. The Morgan fingerprint density at radius 3 is 2.29 bits per heavy atom. The van der Waals surface area contributed by atoms with Gasteiger partial charge in [-0.25, -0.2) is 0 Å². The summed E-state index contributed by atoms with van der Waals surface area (Å²) in [5.41, 5.74) is 5.67. The van der Waals surface area contributed by atoms with Crippen LogP contribution in [0.1, 0.15) is 37.5 Å². The normalized spacial score (nSPS) is 12.2. The predicted octanol–water partition coefficient (Wildman–Crippen LogP) is 5.11. The second kappa shape index (κ2) is 6.45. The fourth-order valence-electron chi connectivity index (χ4n) is 3.27. The molecule has 24 heavy (non-hydrogen) atoms. The smallest absolute Gasteiger partial charge is 0.0480 e. The van der Waals surface area contributed by atoms with E-state index in [0.717, 1.165) is 13.1 Å². The van der Waals surface area contributed by atoms with Crippen LogP contribution in [-0.2, 0) is 25.6 Å². The van der Waals surface area contributed by atoms with Gasteiger partial charge in [-0.2, -0.15) is 0 Å². The molecule has 126 valence electrons. The zero-order chi connectivity index (χ0) is 17.3. The van der Waals surface area contributed by atoms with Crippen LogP contribution in [0.25, 0.3) is 10.9 Å². The fraction of sp³-hybridized carbons (Fsp3) is 0.364. The Bertz CT molecular complexity index is 819. The molecule has 0 aliphatic heterocycles. The number of aryl methyl sites for hydroxylation is 1. The summed E-state index contributed by atoms with van der Waals surface area (Å²) in [6.07, 6.45) is 2.14. The molecule has 0 radical (unpaired) electrons. The molecule has 1 aromatic heterocycles. The monoisotopic (exact) mass is 320 g/mol. The van der Waals surface area contributed by atoms with E-state index in [1.165, 1.54) is 27.6 Å². The third-order valence-corrected chi connectivity index (χ3v) is 4.73. The van der Waals surface area contributed by atoms with Gasteiger partial charge in [0.25, 0.3) is 0 Å². The van der Waals surface area contributed by atoms with Gasteiger partial charge in [-0.1, -0.05) is 57.2 Å². The van der Waals surface area contributed by atoms with E-state index < -0.39 is 0 Å². The first kappa shape index (κ1) is 16.8. The number of hydrogen-bond donors (Lipinski definition) is 0. The lowest BCUT2D eigenvalue weighted by molar-refractivity contribution is 0.320. The Balaban J connectivity index is 1.72. The van der Waals surface area contributed by atoms with Crippen molar-refractivity contribution in [2.75, 3.05) is 7.05 Å². The maximum Gasteiger partial charge on any atom is 0.0480 e. The Morgan fingerprint density at radius 2 is 1.62 bits per heavy atom. The van der Waals surface area contributed by atoms with Gasteiger partial charge in [-0.05, 0) is 41.3 Å². The lowest BCUT2D eigenvalue weighted by atomic mass is 9.87. The van der Waals surface area contributed by atoms with Crippen LogP contribution in [0.15, 0.2) is 54.7 Å². The largest absolute Gasteiger partial charge is 0.351 e. The second-order valence-electron chi connectivity index (χ2n) is 7.90. The van der Waals surface area contributed by atoms with Gasteiger partial charge in [-0.15, -0.1) is 0 Å². The Hall–Kier alpha value is -2.06. The number of aromatic nitrogens is 1. The Labute approximate surface area is 145 Å². The molecule has 0 bridgehead atoms. The number of fused-ring (bicyclic) bond motifs is 1. The van der Waals surface area contributed by atoms with Crippen molar-refractivity contribution in [2.45, 2.75) is 39.3 Å². The average molecular weight is 320 g/mol. The highest BCUT2D eigenvalue weighted by Gasteiger charge is 2.13. The SMILES string of the molecule is CN(Cc1ccc(C(C)(C)C)cc1)Cc1cccc2c1ccn2C. The van der Waals surface area contributed by atoms with Gasteiger partial charge < -0.3 is 4.57 Å². The topological polar surface area (TPSA) is 8.17 Å². The van der Waals surface area contributed by atoms with E-state index >= 15 is 0 Å². The van der Waals surface area contributed by atoms with Crippen LogP contribution < -0.4 is 0 Å². The van der Waals surface area contributed by atoms with E-state index in [4.69, 9.17) is 0 Å².